The van der Waals surface area contributed by atoms with Crippen LogP contribution in [-0.4, -0.2) is 26.1 Å². The molecular formula is C13H15BrN2S. The Balaban J connectivity index is 1.95. The number of aromatic nitrogens is 2. The van der Waals surface area contributed by atoms with Gasteiger partial charge in [-0.2, -0.15) is 16.9 Å². The van der Waals surface area contributed by atoms with Crippen LogP contribution in [0.2, 0.25) is 0 Å². The minimum absolute atomic E-state index is 0.647. The van der Waals surface area contributed by atoms with Crippen molar-refractivity contribution < 1.29 is 0 Å². The van der Waals surface area contributed by atoms with Gasteiger partial charge in [-0.25, -0.2) is 0 Å². The van der Waals surface area contributed by atoms with Crippen LogP contribution in [0.15, 0.2) is 24.3 Å². The van der Waals surface area contributed by atoms with Crippen molar-refractivity contribution >= 4 is 38.6 Å². The number of fused-ring (bicyclic) bond motifs is 1. The minimum atomic E-state index is 0.647. The lowest BCUT2D eigenvalue weighted by Crippen LogP contribution is -2.14. The molecule has 1 fully saturated rings. The molecule has 4 heteroatoms. The van der Waals surface area contributed by atoms with Gasteiger partial charge < -0.3 is 0 Å². The first-order chi connectivity index (χ1) is 8.25. The predicted octanol–water partition coefficient (Wildman–Crippen LogP) is 3.24. The maximum absolute atomic E-state index is 4.67. The maximum atomic E-state index is 4.67. The summed E-state index contributed by atoms with van der Waals surface area (Å²) in [6.07, 6.45) is 1.09. The van der Waals surface area contributed by atoms with Crippen molar-refractivity contribution in [3.05, 3.63) is 30.0 Å². The van der Waals surface area contributed by atoms with Crippen molar-refractivity contribution in [2.45, 2.75) is 11.2 Å². The maximum Gasteiger partial charge on any atom is 0.0706 e. The summed E-state index contributed by atoms with van der Waals surface area (Å²) in [7, 11) is 2.03. The summed E-state index contributed by atoms with van der Waals surface area (Å²) in [5.41, 5.74) is 2.49. The molecule has 1 aliphatic heterocycles. The average Bonchev–Trinajstić information content (AvgIpc) is 2.87. The number of halogens is 1. The SMILES string of the molecule is Cn1nc(CC2CSCC2Br)c2ccccc21. The lowest BCUT2D eigenvalue weighted by molar-refractivity contribution is 0.599. The molecule has 0 bridgehead atoms. The normalized spacial score (nSPS) is 24.6. The van der Waals surface area contributed by atoms with Crippen LogP contribution in [0.5, 0.6) is 0 Å². The van der Waals surface area contributed by atoms with E-state index in [9.17, 15) is 0 Å². The summed E-state index contributed by atoms with van der Waals surface area (Å²) in [5, 5.41) is 5.99. The summed E-state index contributed by atoms with van der Waals surface area (Å²) in [6, 6.07) is 8.50. The zero-order valence-corrected chi connectivity index (χ0v) is 12.2. The molecule has 0 aliphatic carbocycles. The Bertz CT molecular complexity index is 537. The molecule has 1 aromatic heterocycles. The number of nitrogens with zero attached hydrogens (tertiary/aromatic N) is 2. The summed E-state index contributed by atoms with van der Waals surface area (Å²) in [4.78, 5) is 0.647. The third kappa shape index (κ3) is 2.13. The molecule has 90 valence electrons. The molecule has 0 saturated carbocycles. The van der Waals surface area contributed by atoms with Crippen LogP contribution in [0.1, 0.15) is 5.69 Å². The van der Waals surface area contributed by atoms with Gasteiger partial charge in [-0.3, -0.25) is 4.68 Å². The van der Waals surface area contributed by atoms with Gasteiger partial charge in [-0.1, -0.05) is 34.1 Å². The molecule has 0 amide bonds. The second kappa shape index (κ2) is 4.65. The van der Waals surface area contributed by atoms with E-state index in [2.05, 4.69) is 45.3 Å². The topological polar surface area (TPSA) is 17.8 Å². The first kappa shape index (κ1) is 11.6. The van der Waals surface area contributed by atoms with E-state index in [-0.39, 0.29) is 0 Å². The molecule has 2 atom stereocenters. The summed E-state index contributed by atoms with van der Waals surface area (Å²) in [5.74, 6) is 3.20. The van der Waals surface area contributed by atoms with E-state index in [0.717, 1.165) is 12.3 Å². The van der Waals surface area contributed by atoms with Crippen molar-refractivity contribution in [3.8, 4) is 0 Å². The van der Waals surface area contributed by atoms with Crippen LogP contribution in [0, 0.1) is 5.92 Å². The molecule has 2 nitrogen and oxygen atoms in total. The first-order valence-electron chi connectivity index (χ1n) is 5.88. The van der Waals surface area contributed by atoms with Crippen LogP contribution >= 0.6 is 27.7 Å². The number of hydrogen-bond donors (Lipinski definition) is 0. The Kier molecular flexibility index (Phi) is 3.17. The van der Waals surface area contributed by atoms with Gasteiger partial charge in [0.15, 0.2) is 0 Å². The fraction of sp³-hybridized carbons (Fsp3) is 0.462. The molecular weight excluding hydrogens is 296 g/mol. The van der Waals surface area contributed by atoms with Gasteiger partial charge in [0.05, 0.1) is 11.2 Å². The monoisotopic (exact) mass is 310 g/mol. The van der Waals surface area contributed by atoms with Gasteiger partial charge in [0.2, 0.25) is 0 Å². The van der Waals surface area contributed by atoms with E-state index in [0.29, 0.717) is 4.83 Å². The molecule has 3 rings (SSSR count). The van der Waals surface area contributed by atoms with E-state index in [1.54, 1.807) is 0 Å². The zero-order chi connectivity index (χ0) is 11.8. The Hall–Kier alpha value is -0.480. The van der Waals surface area contributed by atoms with Crippen molar-refractivity contribution in [2.75, 3.05) is 11.5 Å². The smallest absolute Gasteiger partial charge is 0.0706 e. The zero-order valence-electron chi connectivity index (χ0n) is 9.77. The predicted molar refractivity (Wildman–Crippen MR) is 77.9 cm³/mol. The van der Waals surface area contributed by atoms with Gasteiger partial charge >= 0.3 is 0 Å². The first-order valence-corrected chi connectivity index (χ1v) is 7.95. The van der Waals surface area contributed by atoms with Crippen LogP contribution < -0.4 is 0 Å². The van der Waals surface area contributed by atoms with Crippen LogP contribution in [-0.2, 0) is 13.5 Å². The van der Waals surface area contributed by atoms with E-state index in [1.807, 2.05) is 23.5 Å². The Morgan fingerprint density at radius 3 is 3.00 bits per heavy atom. The van der Waals surface area contributed by atoms with Gasteiger partial charge in [0, 0.05) is 23.0 Å². The average molecular weight is 311 g/mol. The Labute approximate surface area is 114 Å². The van der Waals surface area contributed by atoms with Crippen molar-refractivity contribution in [1.29, 1.82) is 0 Å². The molecule has 1 aliphatic rings. The summed E-state index contributed by atoms with van der Waals surface area (Å²) in [6.45, 7) is 0. The number of para-hydroxylation sites is 1. The quantitative estimate of drug-likeness (QED) is 0.793. The summed E-state index contributed by atoms with van der Waals surface area (Å²) >= 11 is 5.82. The summed E-state index contributed by atoms with van der Waals surface area (Å²) < 4.78 is 2.00. The largest absolute Gasteiger partial charge is 0.268 e. The van der Waals surface area contributed by atoms with E-state index in [4.69, 9.17) is 0 Å². The second-order valence-electron chi connectivity index (χ2n) is 4.61. The molecule has 0 N–H and O–H groups in total. The minimum Gasteiger partial charge on any atom is -0.268 e. The number of aryl methyl sites for hydroxylation is 1. The van der Waals surface area contributed by atoms with Crippen LogP contribution in [0.3, 0.4) is 0 Å². The number of benzene rings is 1. The Morgan fingerprint density at radius 2 is 2.24 bits per heavy atom. The molecule has 2 unspecified atom stereocenters. The van der Waals surface area contributed by atoms with Gasteiger partial charge in [-0.15, -0.1) is 0 Å². The van der Waals surface area contributed by atoms with Crippen molar-refractivity contribution in [2.24, 2.45) is 13.0 Å². The number of rotatable bonds is 2. The van der Waals surface area contributed by atoms with Crippen molar-refractivity contribution in [1.82, 2.24) is 9.78 Å². The molecule has 1 saturated heterocycles. The molecule has 1 aromatic carbocycles. The highest BCUT2D eigenvalue weighted by molar-refractivity contribution is 9.09. The highest BCUT2D eigenvalue weighted by Crippen LogP contribution is 2.33. The number of alkyl halides is 1. The Morgan fingerprint density at radius 1 is 1.41 bits per heavy atom. The second-order valence-corrected chi connectivity index (χ2v) is 6.86. The number of thioether (sulfide) groups is 1. The van der Waals surface area contributed by atoms with Crippen molar-refractivity contribution in [3.63, 3.8) is 0 Å². The molecule has 2 heterocycles. The highest BCUT2D eigenvalue weighted by Gasteiger charge is 2.27. The lowest BCUT2D eigenvalue weighted by Gasteiger charge is -2.10. The van der Waals surface area contributed by atoms with E-state index >= 15 is 0 Å². The standard InChI is InChI=1S/C13H15BrN2S/c1-16-13-5-3-2-4-10(13)12(15-16)6-9-7-17-8-11(9)14/h2-5,9,11H,6-8H2,1H3. The number of hydrogen-bond acceptors (Lipinski definition) is 2. The molecule has 0 spiro atoms. The van der Waals surface area contributed by atoms with Gasteiger partial charge in [0.1, 0.15) is 0 Å². The lowest BCUT2D eigenvalue weighted by atomic mass is 10.0. The molecule has 0 radical (unpaired) electrons. The van der Waals surface area contributed by atoms with E-state index in [1.165, 1.54) is 28.1 Å². The highest BCUT2D eigenvalue weighted by atomic mass is 79.9. The van der Waals surface area contributed by atoms with Crippen LogP contribution in [0.4, 0.5) is 0 Å². The fourth-order valence-corrected chi connectivity index (χ4v) is 4.92. The third-order valence-electron chi connectivity index (χ3n) is 3.41. The molecule has 2 aromatic rings. The third-order valence-corrected chi connectivity index (χ3v) is 6.17. The van der Waals surface area contributed by atoms with Crippen LogP contribution in [0.25, 0.3) is 10.9 Å². The van der Waals surface area contributed by atoms with Gasteiger partial charge in [-0.05, 0) is 24.2 Å². The fourth-order valence-electron chi connectivity index (χ4n) is 2.45. The van der Waals surface area contributed by atoms with Gasteiger partial charge in [0.25, 0.3) is 0 Å². The van der Waals surface area contributed by atoms with E-state index < -0.39 is 0 Å². The molecule has 17 heavy (non-hydrogen) atoms.